The van der Waals surface area contributed by atoms with Crippen LogP contribution in [0.25, 0.3) is 0 Å². The number of carbonyl (C=O) groups excluding carboxylic acids is 1. The highest BCUT2D eigenvalue weighted by atomic mass is 16.1. The van der Waals surface area contributed by atoms with Crippen molar-refractivity contribution in [3.05, 3.63) is 65.1 Å². The largest absolute Gasteiger partial charge is 0.277 e. The summed E-state index contributed by atoms with van der Waals surface area (Å²) in [5.74, 6) is -0.262. The lowest BCUT2D eigenvalue weighted by molar-refractivity contribution is -0.119. The minimum absolute atomic E-state index is 0.262. The van der Waals surface area contributed by atoms with Crippen molar-refractivity contribution in [1.29, 1.82) is 0 Å². The number of fused-ring (bicyclic) bond motifs is 1. The van der Waals surface area contributed by atoms with Crippen molar-refractivity contribution in [3.63, 3.8) is 0 Å². The van der Waals surface area contributed by atoms with Crippen LogP contribution in [0.5, 0.6) is 0 Å². The molecule has 1 aliphatic rings. The van der Waals surface area contributed by atoms with Gasteiger partial charge in [0.05, 0.1) is 16.4 Å². The number of hydrogen-bond donors (Lipinski definition) is 0. The van der Waals surface area contributed by atoms with Crippen molar-refractivity contribution in [2.24, 2.45) is 9.98 Å². The molecular weight excluding hydrogens is 214 g/mol. The van der Waals surface area contributed by atoms with Gasteiger partial charge in [0, 0.05) is 6.20 Å². The zero-order valence-electron chi connectivity index (χ0n) is 8.95. The Morgan fingerprint density at radius 3 is 2.47 bits per heavy atom. The molecule has 1 unspecified atom stereocenters. The first-order valence-electron chi connectivity index (χ1n) is 5.31. The molecule has 0 fully saturated rings. The van der Waals surface area contributed by atoms with Crippen LogP contribution in [-0.4, -0.2) is 10.9 Å². The van der Waals surface area contributed by atoms with Crippen molar-refractivity contribution in [3.8, 4) is 0 Å². The van der Waals surface area contributed by atoms with Crippen LogP contribution in [-0.2, 0) is 4.79 Å². The highest BCUT2D eigenvalue weighted by Crippen LogP contribution is 2.16. The van der Waals surface area contributed by atoms with Gasteiger partial charge in [0.25, 0.3) is 5.91 Å². The smallest absolute Gasteiger partial charge is 0.270 e. The molecule has 0 saturated heterocycles. The number of nitrogens with zero attached hydrogens (tertiary/aromatic N) is 3. The van der Waals surface area contributed by atoms with E-state index < -0.39 is 6.04 Å². The Bertz CT molecular complexity index is 679. The number of amides is 1. The summed E-state index contributed by atoms with van der Waals surface area (Å²) in [5.41, 5.74) is 0.635. The molecule has 1 aliphatic heterocycles. The van der Waals surface area contributed by atoms with Crippen molar-refractivity contribution in [1.82, 2.24) is 4.98 Å². The SMILES string of the molecule is O=C1N=c2ccccc2=NC1c1ccccn1. The Morgan fingerprint density at radius 2 is 1.71 bits per heavy atom. The van der Waals surface area contributed by atoms with E-state index in [-0.39, 0.29) is 5.91 Å². The first kappa shape index (κ1) is 9.84. The lowest BCUT2D eigenvalue weighted by atomic mass is 10.1. The first-order valence-corrected chi connectivity index (χ1v) is 5.31. The predicted octanol–water partition coefficient (Wildman–Crippen LogP) is 0.602. The molecule has 2 heterocycles. The zero-order valence-corrected chi connectivity index (χ0v) is 8.95. The summed E-state index contributed by atoms with van der Waals surface area (Å²) in [4.78, 5) is 24.4. The van der Waals surface area contributed by atoms with Crippen molar-refractivity contribution in [2.75, 3.05) is 0 Å². The summed E-state index contributed by atoms with van der Waals surface area (Å²) in [5, 5.41) is 1.37. The molecule has 0 saturated carbocycles. The first-order chi connectivity index (χ1) is 8.34. The van der Waals surface area contributed by atoms with E-state index in [0.717, 1.165) is 5.36 Å². The van der Waals surface area contributed by atoms with Crippen molar-refractivity contribution < 1.29 is 4.79 Å². The summed E-state index contributed by atoms with van der Waals surface area (Å²) in [6, 6.07) is 12.2. The van der Waals surface area contributed by atoms with Crippen LogP contribution in [0, 0.1) is 0 Å². The van der Waals surface area contributed by atoms with Gasteiger partial charge >= 0.3 is 0 Å². The van der Waals surface area contributed by atoms with E-state index in [2.05, 4.69) is 15.0 Å². The van der Waals surface area contributed by atoms with Crippen LogP contribution >= 0.6 is 0 Å². The average Bonchev–Trinajstić information content (AvgIpc) is 2.39. The maximum Gasteiger partial charge on any atom is 0.277 e. The van der Waals surface area contributed by atoms with Crippen molar-refractivity contribution >= 4 is 5.91 Å². The normalized spacial score (nSPS) is 17.9. The highest BCUT2D eigenvalue weighted by molar-refractivity contribution is 5.84. The van der Waals surface area contributed by atoms with Gasteiger partial charge in [-0.1, -0.05) is 18.2 Å². The van der Waals surface area contributed by atoms with E-state index in [1.165, 1.54) is 0 Å². The van der Waals surface area contributed by atoms with Crippen LogP contribution in [0.4, 0.5) is 0 Å². The number of rotatable bonds is 1. The van der Waals surface area contributed by atoms with E-state index in [9.17, 15) is 4.79 Å². The van der Waals surface area contributed by atoms with Gasteiger partial charge in [-0.25, -0.2) is 4.99 Å². The van der Waals surface area contributed by atoms with Crippen LogP contribution in [0.15, 0.2) is 58.6 Å². The number of pyridine rings is 1. The maximum absolute atomic E-state index is 11.9. The number of carbonyl (C=O) groups is 1. The summed E-state index contributed by atoms with van der Waals surface area (Å²) in [6.07, 6.45) is 1.65. The topological polar surface area (TPSA) is 54.7 Å². The maximum atomic E-state index is 11.9. The molecule has 0 spiro atoms. The Kier molecular flexibility index (Phi) is 2.26. The van der Waals surface area contributed by atoms with E-state index >= 15 is 0 Å². The standard InChI is InChI=1S/C13H9N3O/c17-13-12(11-7-3-4-8-14-11)15-9-5-1-2-6-10(9)16-13/h1-8,12H. The molecule has 2 aromatic rings. The van der Waals surface area contributed by atoms with E-state index in [1.54, 1.807) is 18.3 Å². The Hall–Kier alpha value is -2.36. The minimum atomic E-state index is -0.605. The molecule has 1 amide bonds. The highest BCUT2D eigenvalue weighted by Gasteiger charge is 2.22. The Balaban J connectivity index is 2.17. The summed E-state index contributed by atoms with van der Waals surface area (Å²) in [7, 11) is 0. The number of hydrogen-bond acceptors (Lipinski definition) is 3. The number of benzene rings is 1. The third kappa shape index (κ3) is 1.73. The van der Waals surface area contributed by atoms with Gasteiger partial charge in [-0.2, -0.15) is 0 Å². The van der Waals surface area contributed by atoms with Gasteiger partial charge in [0.15, 0.2) is 6.04 Å². The fraction of sp³-hybridized carbons (Fsp3) is 0.0769. The van der Waals surface area contributed by atoms with Crippen LogP contribution in [0.1, 0.15) is 11.7 Å². The zero-order chi connectivity index (χ0) is 11.7. The quantitative estimate of drug-likeness (QED) is 0.711. The molecule has 1 aromatic carbocycles. The predicted molar refractivity (Wildman–Crippen MR) is 60.7 cm³/mol. The molecule has 1 atom stereocenters. The molecular formula is C13H9N3O. The monoisotopic (exact) mass is 223 g/mol. The second-order valence-corrected chi connectivity index (χ2v) is 3.72. The second-order valence-electron chi connectivity index (χ2n) is 3.72. The fourth-order valence-corrected chi connectivity index (χ4v) is 1.77. The fourth-order valence-electron chi connectivity index (χ4n) is 1.77. The molecule has 0 bridgehead atoms. The van der Waals surface area contributed by atoms with Crippen LogP contribution < -0.4 is 10.7 Å². The molecule has 3 rings (SSSR count). The van der Waals surface area contributed by atoms with E-state index in [1.807, 2.05) is 30.3 Å². The van der Waals surface area contributed by atoms with E-state index in [4.69, 9.17) is 0 Å². The summed E-state index contributed by atoms with van der Waals surface area (Å²) < 4.78 is 0. The van der Waals surface area contributed by atoms with Crippen LogP contribution in [0.3, 0.4) is 0 Å². The van der Waals surface area contributed by atoms with Crippen LogP contribution in [0.2, 0.25) is 0 Å². The molecule has 17 heavy (non-hydrogen) atoms. The molecule has 0 radical (unpaired) electrons. The molecule has 4 heteroatoms. The Labute approximate surface area is 97.4 Å². The number of aromatic nitrogens is 1. The van der Waals surface area contributed by atoms with Gasteiger partial charge in [-0.3, -0.25) is 14.8 Å². The molecule has 0 N–H and O–H groups in total. The van der Waals surface area contributed by atoms with Gasteiger partial charge in [-0.15, -0.1) is 0 Å². The summed E-state index contributed by atoms with van der Waals surface area (Å²) in [6.45, 7) is 0. The van der Waals surface area contributed by atoms with Gasteiger partial charge in [-0.05, 0) is 24.3 Å². The molecule has 4 nitrogen and oxygen atoms in total. The lowest BCUT2D eigenvalue weighted by Gasteiger charge is -2.10. The van der Waals surface area contributed by atoms with Gasteiger partial charge in [0.2, 0.25) is 0 Å². The third-order valence-corrected chi connectivity index (χ3v) is 2.58. The summed E-state index contributed by atoms with van der Waals surface area (Å²) >= 11 is 0. The number of para-hydroxylation sites is 2. The third-order valence-electron chi connectivity index (χ3n) is 2.58. The minimum Gasteiger partial charge on any atom is -0.270 e. The second kappa shape index (κ2) is 3.90. The average molecular weight is 223 g/mol. The Morgan fingerprint density at radius 1 is 0.941 bits per heavy atom. The van der Waals surface area contributed by atoms with E-state index in [0.29, 0.717) is 11.1 Å². The lowest BCUT2D eigenvalue weighted by Crippen LogP contribution is -2.33. The molecule has 1 aromatic heterocycles. The molecule has 0 aliphatic carbocycles. The van der Waals surface area contributed by atoms with Gasteiger partial charge < -0.3 is 0 Å². The van der Waals surface area contributed by atoms with Gasteiger partial charge in [0.1, 0.15) is 0 Å². The molecule has 82 valence electrons. The van der Waals surface area contributed by atoms with Crippen molar-refractivity contribution in [2.45, 2.75) is 6.04 Å².